The summed E-state index contributed by atoms with van der Waals surface area (Å²) in [4.78, 5) is 0.969. The van der Waals surface area contributed by atoms with E-state index in [0.717, 1.165) is 29.8 Å². The summed E-state index contributed by atoms with van der Waals surface area (Å²) >= 11 is 1.71. The van der Waals surface area contributed by atoms with Crippen molar-refractivity contribution in [2.75, 3.05) is 13.1 Å². The first kappa shape index (κ1) is 11.8. The van der Waals surface area contributed by atoms with E-state index < -0.39 is 0 Å². The van der Waals surface area contributed by atoms with Gasteiger partial charge in [-0.1, -0.05) is 31.1 Å². The van der Waals surface area contributed by atoms with Crippen LogP contribution in [0.5, 0.6) is 0 Å². The molecular weight excluding hydrogens is 258 g/mol. The van der Waals surface area contributed by atoms with Crippen molar-refractivity contribution in [2.24, 2.45) is 5.92 Å². The lowest BCUT2D eigenvalue weighted by atomic mass is 9.90. The molecule has 4 rings (SSSR count). The molecule has 6 heteroatoms. The molecule has 2 aromatic heterocycles. The smallest absolute Gasteiger partial charge is 0.234 e. The van der Waals surface area contributed by atoms with E-state index >= 15 is 0 Å². The second-order valence-corrected chi connectivity index (χ2v) is 6.87. The summed E-state index contributed by atoms with van der Waals surface area (Å²) in [7, 11) is 0. The van der Waals surface area contributed by atoms with Crippen molar-refractivity contribution in [3.05, 3.63) is 10.8 Å². The minimum absolute atomic E-state index is 0.532. The lowest BCUT2D eigenvalue weighted by molar-refractivity contribution is 0.301. The molecule has 3 heterocycles. The average Bonchev–Trinajstić information content (AvgIpc) is 3.01. The molecule has 0 spiro atoms. The van der Waals surface area contributed by atoms with Crippen LogP contribution in [0.2, 0.25) is 0 Å². The Kier molecular flexibility index (Phi) is 2.81. The van der Waals surface area contributed by atoms with Crippen molar-refractivity contribution < 1.29 is 0 Å². The van der Waals surface area contributed by atoms with E-state index in [0.29, 0.717) is 11.8 Å². The van der Waals surface area contributed by atoms with Gasteiger partial charge in [-0.2, -0.15) is 9.61 Å². The molecule has 102 valence electrons. The number of nitrogens with one attached hydrogen (secondary N) is 1. The van der Waals surface area contributed by atoms with Gasteiger partial charge in [-0.25, -0.2) is 0 Å². The average molecular weight is 277 g/mol. The van der Waals surface area contributed by atoms with Gasteiger partial charge < -0.3 is 5.32 Å². The van der Waals surface area contributed by atoms with E-state index in [4.69, 9.17) is 5.10 Å². The maximum Gasteiger partial charge on any atom is 0.234 e. The minimum atomic E-state index is 0.532. The Labute approximate surface area is 116 Å². The fourth-order valence-electron chi connectivity index (χ4n) is 3.14. The Balaban J connectivity index is 1.67. The Morgan fingerprint density at radius 1 is 1.26 bits per heavy atom. The van der Waals surface area contributed by atoms with Gasteiger partial charge in [0.05, 0.1) is 0 Å². The second kappa shape index (κ2) is 4.52. The van der Waals surface area contributed by atoms with Crippen molar-refractivity contribution in [1.29, 1.82) is 0 Å². The van der Waals surface area contributed by atoms with Crippen LogP contribution in [0.3, 0.4) is 0 Å². The molecule has 1 saturated heterocycles. The highest BCUT2D eigenvalue weighted by Crippen LogP contribution is 2.35. The largest absolute Gasteiger partial charge is 0.316 e. The lowest BCUT2D eigenvalue weighted by Gasteiger charge is -2.31. The van der Waals surface area contributed by atoms with Crippen LogP contribution < -0.4 is 5.32 Å². The summed E-state index contributed by atoms with van der Waals surface area (Å²) in [5, 5.41) is 18.0. The highest BCUT2D eigenvalue weighted by molar-refractivity contribution is 7.16. The predicted octanol–water partition coefficient (Wildman–Crippen LogP) is 2.17. The van der Waals surface area contributed by atoms with Crippen molar-refractivity contribution in [3.8, 4) is 0 Å². The number of hydrogen-bond donors (Lipinski definition) is 1. The van der Waals surface area contributed by atoms with Crippen molar-refractivity contribution in [3.63, 3.8) is 0 Å². The quantitative estimate of drug-likeness (QED) is 0.934. The number of hydrogen-bond acceptors (Lipinski definition) is 5. The molecule has 0 radical (unpaired) electrons. The number of fused-ring (bicyclic) bond motifs is 1. The first-order valence-corrected chi connectivity index (χ1v) is 8.07. The van der Waals surface area contributed by atoms with E-state index in [1.807, 2.05) is 4.52 Å². The van der Waals surface area contributed by atoms with Crippen LogP contribution in [0.25, 0.3) is 4.96 Å². The third kappa shape index (κ3) is 1.89. The fraction of sp³-hybridized carbons (Fsp3) is 0.769. The molecule has 1 aliphatic heterocycles. The van der Waals surface area contributed by atoms with Gasteiger partial charge in [0.1, 0.15) is 5.01 Å². The van der Waals surface area contributed by atoms with Crippen LogP contribution in [0.4, 0.5) is 0 Å². The first-order valence-electron chi connectivity index (χ1n) is 7.25. The molecule has 1 aliphatic carbocycles. The highest BCUT2D eigenvalue weighted by atomic mass is 32.1. The van der Waals surface area contributed by atoms with Gasteiger partial charge in [-0.15, -0.1) is 10.2 Å². The zero-order valence-electron chi connectivity index (χ0n) is 11.2. The molecule has 0 aromatic carbocycles. The third-order valence-electron chi connectivity index (χ3n) is 4.66. The van der Waals surface area contributed by atoms with Gasteiger partial charge in [0.15, 0.2) is 5.82 Å². The summed E-state index contributed by atoms with van der Waals surface area (Å²) in [6.45, 7) is 4.53. The zero-order chi connectivity index (χ0) is 12.8. The number of rotatable bonds is 3. The van der Waals surface area contributed by atoms with Crippen molar-refractivity contribution in [1.82, 2.24) is 25.1 Å². The summed E-state index contributed by atoms with van der Waals surface area (Å²) in [6, 6.07) is 0. The second-order valence-electron chi connectivity index (χ2n) is 5.88. The van der Waals surface area contributed by atoms with Crippen LogP contribution in [0, 0.1) is 5.92 Å². The van der Waals surface area contributed by atoms with Gasteiger partial charge in [-0.05, 0) is 31.8 Å². The molecule has 5 nitrogen and oxygen atoms in total. The molecule has 2 fully saturated rings. The SMILES string of the molecule is CC(c1nn2c(C3CCCC3)nnc2s1)C1CNC1. The van der Waals surface area contributed by atoms with E-state index in [-0.39, 0.29) is 0 Å². The van der Waals surface area contributed by atoms with E-state index in [1.165, 1.54) is 30.7 Å². The Morgan fingerprint density at radius 3 is 2.74 bits per heavy atom. The van der Waals surface area contributed by atoms with Gasteiger partial charge in [0.2, 0.25) is 4.96 Å². The van der Waals surface area contributed by atoms with Gasteiger partial charge in [-0.3, -0.25) is 0 Å². The van der Waals surface area contributed by atoms with Gasteiger partial charge in [0.25, 0.3) is 0 Å². The Hall–Kier alpha value is -1.01. The number of aromatic nitrogens is 4. The monoisotopic (exact) mass is 277 g/mol. The standard InChI is InChI=1S/C13H19N5S/c1-8(10-6-14-7-10)12-17-18-11(9-4-2-3-5-9)15-16-13(18)19-12/h8-10,14H,2-7H2,1H3. The van der Waals surface area contributed by atoms with Crippen LogP contribution in [-0.4, -0.2) is 32.9 Å². The highest BCUT2D eigenvalue weighted by Gasteiger charge is 2.29. The van der Waals surface area contributed by atoms with Crippen LogP contribution >= 0.6 is 11.3 Å². The molecule has 1 saturated carbocycles. The lowest BCUT2D eigenvalue weighted by Crippen LogP contribution is -2.44. The summed E-state index contributed by atoms with van der Waals surface area (Å²) < 4.78 is 2.01. The molecule has 19 heavy (non-hydrogen) atoms. The fourth-order valence-corrected chi connectivity index (χ4v) is 4.13. The summed E-state index contributed by atoms with van der Waals surface area (Å²) in [5.41, 5.74) is 0. The molecule has 0 amide bonds. The topological polar surface area (TPSA) is 55.1 Å². The van der Waals surface area contributed by atoms with Crippen molar-refractivity contribution >= 4 is 16.3 Å². The maximum atomic E-state index is 4.80. The molecule has 1 N–H and O–H groups in total. The molecule has 1 unspecified atom stereocenters. The van der Waals surface area contributed by atoms with Crippen LogP contribution in [0.15, 0.2) is 0 Å². The summed E-state index contributed by atoms with van der Waals surface area (Å²) in [6.07, 6.45) is 5.13. The first-order chi connectivity index (χ1) is 9.33. The van der Waals surface area contributed by atoms with Crippen LogP contribution in [0.1, 0.15) is 55.3 Å². The molecule has 2 aliphatic rings. The molecule has 2 aromatic rings. The van der Waals surface area contributed by atoms with E-state index in [9.17, 15) is 0 Å². The van der Waals surface area contributed by atoms with Crippen molar-refractivity contribution in [2.45, 2.75) is 44.4 Å². The summed E-state index contributed by atoms with van der Waals surface area (Å²) in [5.74, 6) is 2.93. The Morgan fingerprint density at radius 2 is 2.05 bits per heavy atom. The van der Waals surface area contributed by atoms with E-state index in [1.54, 1.807) is 11.3 Å². The third-order valence-corrected chi connectivity index (χ3v) is 5.76. The maximum absolute atomic E-state index is 4.80. The predicted molar refractivity (Wildman–Crippen MR) is 74.6 cm³/mol. The minimum Gasteiger partial charge on any atom is -0.316 e. The normalized spacial score (nSPS) is 23.0. The molecule has 1 atom stereocenters. The van der Waals surface area contributed by atoms with Gasteiger partial charge >= 0.3 is 0 Å². The van der Waals surface area contributed by atoms with Gasteiger partial charge in [0, 0.05) is 11.8 Å². The number of nitrogens with zero attached hydrogens (tertiary/aromatic N) is 4. The zero-order valence-corrected chi connectivity index (χ0v) is 12.0. The molecular formula is C13H19N5S. The van der Waals surface area contributed by atoms with E-state index in [2.05, 4.69) is 22.4 Å². The molecule has 0 bridgehead atoms. The van der Waals surface area contributed by atoms with Crippen LogP contribution in [-0.2, 0) is 0 Å². The Bertz CT molecular complexity index is 579.